The molecule has 0 radical (unpaired) electrons. The number of hydrogen-bond donors (Lipinski definition) is 4. The number of rotatable bonds is 7. The molecule has 20 heavy (non-hydrogen) atoms. The molecule has 0 saturated carbocycles. The summed E-state index contributed by atoms with van der Waals surface area (Å²) in [5.41, 5.74) is 5.48. The monoisotopic (exact) mass is 301 g/mol. The minimum absolute atomic E-state index is 0.0339. The number of amides is 1. The number of thiazole rings is 1. The molecule has 0 aromatic carbocycles. The average molecular weight is 301 g/mol. The van der Waals surface area contributed by atoms with Crippen LogP contribution in [-0.2, 0) is 9.59 Å². The number of aromatic nitrogens is 1. The number of nitrogens with two attached hydrogens (primary N) is 1. The topological polar surface area (TPSA) is 143 Å². The first kappa shape index (κ1) is 16.1. The summed E-state index contributed by atoms with van der Waals surface area (Å²) >= 11 is 1.12. The van der Waals surface area contributed by atoms with Crippen molar-refractivity contribution in [2.45, 2.75) is 31.8 Å². The fraction of sp³-hybridized carbons (Fsp3) is 0.455. The maximum absolute atomic E-state index is 11.7. The summed E-state index contributed by atoms with van der Waals surface area (Å²) in [7, 11) is 0. The second-order valence-electron chi connectivity index (χ2n) is 4.15. The number of carbonyl (C=O) groups is 3. The van der Waals surface area contributed by atoms with Gasteiger partial charge in [-0.1, -0.05) is 0 Å². The maximum Gasteiger partial charge on any atom is 0.355 e. The van der Waals surface area contributed by atoms with Gasteiger partial charge in [0.2, 0.25) is 5.91 Å². The smallest absolute Gasteiger partial charge is 0.355 e. The first-order chi connectivity index (χ1) is 9.31. The SMILES string of the molecule is CC(NC(=O)C(N)CCC(=O)O)c1nc(C(=O)O)cs1. The molecule has 1 aromatic heterocycles. The Morgan fingerprint density at radius 2 is 2.10 bits per heavy atom. The van der Waals surface area contributed by atoms with Crippen LogP contribution in [0, 0.1) is 0 Å². The van der Waals surface area contributed by atoms with Crippen LogP contribution in [0.25, 0.3) is 0 Å². The summed E-state index contributed by atoms with van der Waals surface area (Å²) in [6, 6.07) is -1.41. The van der Waals surface area contributed by atoms with Gasteiger partial charge in [0.05, 0.1) is 12.1 Å². The Labute approximate surface area is 118 Å². The number of hydrogen-bond acceptors (Lipinski definition) is 6. The van der Waals surface area contributed by atoms with Crippen molar-refractivity contribution in [3.05, 3.63) is 16.1 Å². The van der Waals surface area contributed by atoms with Gasteiger partial charge in [0, 0.05) is 11.8 Å². The van der Waals surface area contributed by atoms with E-state index >= 15 is 0 Å². The average Bonchev–Trinajstić information content (AvgIpc) is 2.85. The van der Waals surface area contributed by atoms with Crippen LogP contribution in [0.2, 0.25) is 0 Å². The molecule has 0 aliphatic heterocycles. The van der Waals surface area contributed by atoms with Crippen LogP contribution in [0.3, 0.4) is 0 Å². The number of nitrogens with one attached hydrogen (secondary N) is 1. The summed E-state index contributed by atoms with van der Waals surface area (Å²) < 4.78 is 0. The van der Waals surface area contributed by atoms with Crippen molar-refractivity contribution < 1.29 is 24.6 Å². The highest BCUT2D eigenvalue weighted by molar-refractivity contribution is 7.09. The van der Waals surface area contributed by atoms with Gasteiger partial charge in [-0.05, 0) is 13.3 Å². The Bertz CT molecular complexity index is 516. The summed E-state index contributed by atoms with van der Waals surface area (Å²) in [5.74, 6) is -2.65. The van der Waals surface area contributed by atoms with Gasteiger partial charge in [-0.15, -0.1) is 11.3 Å². The largest absolute Gasteiger partial charge is 0.481 e. The molecule has 5 N–H and O–H groups in total. The Hall–Kier alpha value is -2.00. The van der Waals surface area contributed by atoms with Gasteiger partial charge in [-0.25, -0.2) is 9.78 Å². The molecule has 0 fully saturated rings. The highest BCUT2D eigenvalue weighted by Gasteiger charge is 2.20. The van der Waals surface area contributed by atoms with Crippen LogP contribution in [0.4, 0.5) is 0 Å². The quantitative estimate of drug-likeness (QED) is 0.563. The van der Waals surface area contributed by atoms with Gasteiger partial charge < -0.3 is 21.3 Å². The molecule has 0 spiro atoms. The molecular weight excluding hydrogens is 286 g/mol. The number of carboxylic acids is 2. The normalized spacial score (nSPS) is 13.5. The molecule has 2 atom stereocenters. The Kier molecular flexibility index (Phi) is 5.59. The van der Waals surface area contributed by atoms with Crippen LogP contribution >= 0.6 is 11.3 Å². The zero-order valence-electron chi connectivity index (χ0n) is 10.7. The van der Waals surface area contributed by atoms with E-state index in [1.165, 1.54) is 5.38 Å². The van der Waals surface area contributed by atoms with Gasteiger partial charge in [-0.3, -0.25) is 9.59 Å². The minimum Gasteiger partial charge on any atom is -0.481 e. The minimum atomic E-state index is -1.14. The first-order valence-corrected chi connectivity index (χ1v) is 6.65. The summed E-state index contributed by atoms with van der Waals surface area (Å²) in [6.07, 6.45) is -0.157. The lowest BCUT2D eigenvalue weighted by atomic mass is 10.1. The van der Waals surface area contributed by atoms with Crippen molar-refractivity contribution in [1.82, 2.24) is 10.3 Å². The Morgan fingerprint density at radius 3 is 2.60 bits per heavy atom. The Balaban J connectivity index is 2.55. The van der Waals surface area contributed by atoms with Crippen molar-refractivity contribution in [2.75, 3.05) is 0 Å². The number of aliphatic carboxylic acids is 1. The number of aromatic carboxylic acids is 1. The molecule has 1 rings (SSSR count). The lowest BCUT2D eigenvalue weighted by Gasteiger charge is -2.15. The van der Waals surface area contributed by atoms with Gasteiger partial charge in [0.25, 0.3) is 0 Å². The van der Waals surface area contributed by atoms with Crippen molar-refractivity contribution >= 4 is 29.2 Å². The second kappa shape index (κ2) is 6.96. The van der Waals surface area contributed by atoms with E-state index in [1.807, 2.05) is 0 Å². The van der Waals surface area contributed by atoms with Crippen LogP contribution < -0.4 is 11.1 Å². The van der Waals surface area contributed by atoms with Gasteiger partial charge in [0.15, 0.2) is 5.69 Å². The van der Waals surface area contributed by atoms with E-state index in [0.29, 0.717) is 5.01 Å². The van der Waals surface area contributed by atoms with Crippen molar-refractivity contribution in [2.24, 2.45) is 5.73 Å². The standard InChI is InChI=1S/C11H15N3O5S/c1-5(10-14-7(4-20-10)11(18)19)13-9(17)6(12)2-3-8(15)16/h4-6H,2-3,12H2,1H3,(H,13,17)(H,15,16)(H,18,19). The molecule has 1 amide bonds. The molecule has 0 aliphatic carbocycles. The fourth-order valence-corrected chi connectivity index (χ4v) is 2.18. The van der Waals surface area contributed by atoms with Crippen molar-refractivity contribution in [3.63, 3.8) is 0 Å². The number of carboxylic acid groups (broad SMARTS) is 2. The molecule has 8 nitrogen and oxygen atoms in total. The van der Waals surface area contributed by atoms with Crippen molar-refractivity contribution in [3.8, 4) is 0 Å². The van der Waals surface area contributed by atoms with E-state index in [4.69, 9.17) is 15.9 Å². The summed E-state index contributed by atoms with van der Waals surface area (Å²) in [4.78, 5) is 36.7. The molecule has 1 aromatic rings. The molecular formula is C11H15N3O5S. The van der Waals surface area contributed by atoms with E-state index in [2.05, 4.69) is 10.3 Å². The van der Waals surface area contributed by atoms with E-state index < -0.39 is 29.9 Å². The van der Waals surface area contributed by atoms with Crippen molar-refractivity contribution in [1.29, 1.82) is 0 Å². The zero-order valence-corrected chi connectivity index (χ0v) is 11.5. The van der Waals surface area contributed by atoms with E-state index in [-0.39, 0.29) is 18.5 Å². The number of carbonyl (C=O) groups excluding carboxylic acids is 1. The Morgan fingerprint density at radius 1 is 1.45 bits per heavy atom. The predicted molar refractivity (Wildman–Crippen MR) is 70.5 cm³/mol. The van der Waals surface area contributed by atoms with E-state index in [0.717, 1.165) is 11.3 Å². The maximum atomic E-state index is 11.7. The molecule has 9 heteroatoms. The van der Waals surface area contributed by atoms with Crippen LogP contribution in [-0.4, -0.2) is 39.1 Å². The molecule has 1 heterocycles. The van der Waals surface area contributed by atoms with E-state index in [1.54, 1.807) is 6.92 Å². The lowest BCUT2D eigenvalue weighted by Crippen LogP contribution is -2.41. The van der Waals surface area contributed by atoms with Gasteiger partial charge in [0.1, 0.15) is 5.01 Å². The number of nitrogens with zero attached hydrogens (tertiary/aromatic N) is 1. The summed E-state index contributed by atoms with van der Waals surface area (Å²) in [5, 5.41) is 21.7. The highest BCUT2D eigenvalue weighted by atomic mass is 32.1. The van der Waals surface area contributed by atoms with Gasteiger partial charge >= 0.3 is 11.9 Å². The fourth-order valence-electron chi connectivity index (χ4n) is 1.38. The third kappa shape index (κ3) is 4.59. The van der Waals surface area contributed by atoms with Crippen LogP contribution in [0.1, 0.15) is 41.3 Å². The lowest BCUT2D eigenvalue weighted by molar-refractivity contribution is -0.137. The third-order valence-electron chi connectivity index (χ3n) is 2.48. The molecule has 110 valence electrons. The van der Waals surface area contributed by atoms with Crippen LogP contribution in [0.15, 0.2) is 5.38 Å². The molecule has 0 saturated heterocycles. The highest BCUT2D eigenvalue weighted by Crippen LogP contribution is 2.18. The second-order valence-corrected chi connectivity index (χ2v) is 5.04. The van der Waals surface area contributed by atoms with E-state index in [9.17, 15) is 14.4 Å². The molecule has 0 bridgehead atoms. The summed E-state index contributed by atoms with van der Waals surface area (Å²) in [6.45, 7) is 1.65. The van der Waals surface area contributed by atoms with Gasteiger partial charge in [-0.2, -0.15) is 0 Å². The zero-order chi connectivity index (χ0) is 15.3. The van der Waals surface area contributed by atoms with Crippen LogP contribution in [0.5, 0.6) is 0 Å². The predicted octanol–water partition coefficient (Wildman–Crippen LogP) is 0.211. The first-order valence-electron chi connectivity index (χ1n) is 5.77. The molecule has 2 unspecified atom stereocenters. The molecule has 0 aliphatic rings. The third-order valence-corrected chi connectivity index (χ3v) is 3.50.